The fourth-order valence-electron chi connectivity index (χ4n) is 3.40. The number of fused-ring (bicyclic) bond motifs is 1. The minimum absolute atomic E-state index is 0.0131. The molecule has 0 bridgehead atoms. The summed E-state index contributed by atoms with van der Waals surface area (Å²) < 4.78 is 5.08. The monoisotopic (exact) mass is 351 g/mol. The number of nitrogens with one attached hydrogen (secondary N) is 1. The molecule has 0 aromatic carbocycles. The summed E-state index contributed by atoms with van der Waals surface area (Å²) in [6.07, 6.45) is 4.12. The first-order valence-corrected chi connectivity index (χ1v) is 9.53. The third-order valence-electron chi connectivity index (χ3n) is 4.80. The van der Waals surface area contributed by atoms with Gasteiger partial charge in [-0.2, -0.15) is 0 Å². The van der Waals surface area contributed by atoms with Crippen LogP contribution >= 0.6 is 11.3 Å². The van der Waals surface area contributed by atoms with E-state index in [0.29, 0.717) is 11.6 Å². The number of ether oxygens (including phenoxy) is 1. The van der Waals surface area contributed by atoms with Crippen LogP contribution in [0.5, 0.6) is 0 Å². The van der Waals surface area contributed by atoms with Crippen LogP contribution in [-0.2, 0) is 22.5 Å². The van der Waals surface area contributed by atoms with Crippen molar-refractivity contribution in [1.29, 1.82) is 0 Å². The fraction of sp³-hybridized carbons (Fsp3) is 0.706. The number of nitrogens with zero attached hydrogens (tertiary/aromatic N) is 2. The highest BCUT2D eigenvalue weighted by molar-refractivity contribution is 7.13. The van der Waals surface area contributed by atoms with Gasteiger partial charge in [0.15, 0.2) is 5.01 Å². The van der Waals surface area contributed by atoms with Crippen LogP contribution in [0.25, 0.3) is 0 Å². The van der Waals surface area contributed by atoms with Crippen LogP contribution in [0, 0.1) is 5.92 Å². The van der Waals surface area contributed by atoms with Gasteiger partial charge in [0.25, 0.3) is 5.91 Å². The van der Waals surface area contributed by atoms with Gasteiger partial charge in [0.2, 0.25) is 0 Å². The molecule has 1 saturated carbocycles. The first-order chi connectivity index (χ1) is 11.6. The summed E-state index contributed by atoms with van der Waals surface area (Å²) in [6.45, 7) is 4.13. The molecular formula is C17H25N3O3S. The predicted octanol–water partition coefficient (Wildman–Crippen LogP) is 1.98. The van der Waals surface area contributed by atoms with Gasteiger partial charge in [0, 0.05) is 30.4 Å². The number of carbonyl (C=O) groups excluding carboxylic acids is 2. The average molecular weight is 351 g/mol. The minimum atomic E-state index is -0.0982. The van der Waals surface area contributed by atoms with E-state index in [1.807, 2.05) is 6.92 Å². The molecule has 1 aliphatic heterocycles. The number of hydrogen-bond donors (Lipinski definition) is 1. The molecule has 132 valence electrons. The van der Waals surface area contributed by atoms with E-state index in [2.05, 4.69) is 22.2 Å². The van der Waals surface area contributed by atoms with E-state index < -0.39 is 0 Å². The molecular weight excluding hydrogens is 326 g/mol. The van der Waals surface area contributed by atoms with Crippen LogP contribution in [0.1, 0.15) is 53.0 Å². The molecule has 3 rings (SSSR count). The van der Waals surface area contributed by atoms with E-state index in [-0.39, 0.29) is 23.8 Å². The maximum atomic E-state index is 12.5. The van der Waals surface area contributed by atoms with Crippen molar-refractivity contribution < 1.29 is 14.3 Å². The summed E-state index contributed by atoms with van der Waals surface area (Å²) in [5, 5.41) is 3.66. The van der Waals surface area contributed by atoms with Crippen molar-refractivity contribution in [3.8, 4) is 0 Å². The van der Waals surface area contributed by atoms with E-state index >= 15 is 0 Å². The molecule has 0 atom stereocenters. The lowest BCUT2D eigenvalue weighted by Gasteiger charge is -2.27. The number of likely N-dealkylation sites (N-methyl/N-ethyl adjacent to an activating group) is 1. The highest BCUT2D eigenvalue weighted by Gasteiger charge is 2.29. The number of amides is 1. The Kier molecular flexibility index (Phi) is 5.50. The molecule has 1 aliphatic carbocycles. The largest absolute Gasteiger partial charge is 0.466 e. The number of esters is 1. The highest BCUT2D eigenvalue weighted by atomic mass is 32.1. The smallest absolute Gasteiger partial charge is 0.308 e. The van der Waals surface area contributed by atoms with Gasteiger partial charge < -0.3 is 15.0 Å². The van der Waals surface area contributed by atoms with E-state index in [9.17, 15) is 9.59 Å². The lowest BCUT2D eigenvalue weighted by atomic mass is 9.86. The topological polar surface area (TPSA) is 71.5 Å². The lowest BCUT2D eigenvalue weighted by Crippen LogP contribution is -2.39. The van der Waals surface area contributed by atoms with Gasteiger partial charge >= 0.3 is 5.97 Å². The molecule has 1 fully saturated rings. The van der Waals surface area contributed by atoms with Crippen molar-refractivity contribution in [3.63, 3.8) is 0 Å². The van der Waals surface area contributed by atoms with Crippen molar-refractivity contribution in [3.05, 3.63) is 15.6 Å². The van der Waals surface area contributed by atoms with Gasteiger partial charge in [0.05, 0.1) is 18.2 Å². The molecule has 0 spiro atoms. The molecule has 7 heteroatoms. The molecule has 0 unspecified atom stereocenters. The van der Waals surface area contributed by atoms with E-state index in [1.54, 1.807) is 0 Å². The molecule has 2 aliphatic rings. The normalized spacial score (nSPS) is 24.2. The third kappa shape index (κ3) is 3.95. The Bertz CT molecular complexity index is 608. The van der Waals surface area contributed by atoms with Crippen molar-refractivity contribution in [2.75, 3.05) is 20.2 Å². The Labute approximate surface area is 146 Å². The Morgan fingerprint density at radius 3 is 2.79 bits per heavy atom. The molecule has 0 saturated heterocycles. The van der Waals surface area contributed by atoms with Crippen LogP contribution in [0.15, 0.2) is 0 Å². The second-order valence-electron chi connectivity index (χ2n) is 6.65. The third-order valence-corrected chi connectivity index (χ3v) is 5.88. The summed E-state index contributed by atoms with van der Waals surface area (Å²) in [5.41, 5.74) is 1.08. The van der Waals surface area contributed by atoms with Crippen LogP contribution in [-0.4, -0.2) is 48.0 Å². The minimum Gasteiger partial charge on any atom is -0.466 e. The fourth-order valence-corrected chi connectivity index (χ4v) is 4.49. The molecule has 1 N–H and O–H groups in total. The van der Waals surface area contributed by atoms with E-state index in [1.165, 1.54) is 16.2 Å². The number of thiazole rings is 1. The van der Waals surface area contributed by atoms with Crippen molar-refractivity contribution in [2.45, 2.75) is 51.6 Å². The SMILES string of the molecule is CCOC(=O)C1CCC(NC(=O)c2nc3c(s2)CN(C)CC3)CC1. The van der Waals surface area contributed by atoms with Gasteiger partial charge in [-0.1, -0.05) is 0 Å². The summed E-state index contributed by atoms with van der Waals surface area (Å²) in [5.74, 6) is -0.184. The maximum Gasteiger partial charge on any atom is 0.308 e. The van der Waals surface area contributed by atoms with Crippen LogP contribution < -0.4 is 5.32 Å². The van der Waals surface area contributed by atoms with Crippen LogP contribution in [0.4, 0.5) is 0 Å². The number of rotatable bonds is 4. The van der Waals surface area contributed by atoms with Gasteiger partial charge in [-0.15, -0.1) is 11.3 Å². The van der Waals surface area contributed by atoms with Gasteiger partial charge in [-0.25, -0.2) is 4.98 Å². The Balaban J connectivity index is 1.52. The number of hydrogen-bond acceptors (Lipinski definition) is 6. The summed E-state index contributed by atoms with van der Waals surface area (Å²) in [7, 11) is 2.09. The molecule has 1 aromatic heterocycles. The zero-order valence-electron chi connectivity index (χ0n) is 14.3. The molecule has 6 nitrogen and oxygen atoms in total. The summed E-state index contributed by atoms with van der Waals surface area (Å²) >= 11 is 1.51. The van der Waals surface area contributed by atoms with Crippen molar-refractivity contribution >= 4 is 23.2 Å². The average Bonchev–Trinajstić information content (AvgIpc) is 2.99. The Morgan fingerprint density at radius 1 is 1.33 bits per heavy atom. The summed E-state index contributed by atoms with van der Waals surface area (Å²) in [6, 6.07) is 0.131. The van der Waals surface area contributed by atoms with E-state index in [0.717, 1.165) is 50.9 Å². The first kappa shape index (κ1) is 17.4. The summed E-state index contributed by atoms with van der Waals surface area (Å²) in [4.78, 5) is 32.2. The Morgan fingerprint density at radius 2 is 2.08 bits per heavy atom. The number of aromatic nitrogens is 1. The molecule has 1 amide bonds. The molecule has 1 aromatic rings. The lowest BCUT2D eigenvalue weighted by molar-refractivity contribution is -0.149. The zero-order valence-corrected chi connectivity index (χ0v) is 15.2. The quantitative estimate of drug-likeness (QED) is 0.840. The standard InChI is InChI=1S/C17H25N3O3S/c1-3-23-17(22)11-4-6-12(7-5-11)18-15(21)16-19-13-8-9-20(2)10-14(13)24-16/h11-12H,3-10H2,1-2H3,(H,18,21). The molecule has 24 heavy (non-hydrogen) atoms. The molecule has 2 heterocycles. The van der Waals surface area contributed by atoms with Crippen molar-refractivity contribution in [2.24, 2.45) is 5.92 Å². The van der Waals surface area contributed by atoms with Gasteiger partial charge in [0.1, 0.15) is 0 Å². The van der Waals surface area contributed by atoms with Crippen LogP contribution in [0.3, 0.4) is 0 Å². The first-order valence-electron chi connectivity index (χ1n) is 8.71. The molecule has 0 radical (unpaired) electrons. The van der Waals surface area contributed by atoms with E-state index in [4.69, 9.17) is 4.74 Å². The van der Waals surface area contributed by atoms with Gasteiger partial charge in [-0.3, -0.25) is 9.59 Å². The van der Waals surface area contributed by atoms with Crippen molar-refractivity contribution in [1.82, 2.24) is 15.2 Å². The second-order valence-corrected chi connectivity index (χ2v) is 7.73. The van der Waals surface area contributed by atoms with Crippen LogP contribution in [0.2, 0.25) is 0 Å². The Hall–Kier alpha value is -1.47. The highest BCUT2D eigenvalue weighted by Crippen LogP contribution is 2.27. The number of carbonyl (C=O) groups is 2. The second kappa shape index (κ2) is 7.61. The predicted molar refractivity (Wildman–Crippen MR) is 92.0 cm³/mol. The zero-order chi connectivity index (χ0) is 17.1. The van der Waals surface area contributed by atoms with Gasteiger partial charge in [-0.05, 0) is 39.7 Å². The maximum absolute atomic E-state index is 12.5.